The van der Waals surface area contributed by atoms with Crippen LogP contribution in [-0.4, -0.2) is 67.0 Å². The molecule has 1 heterocycles. The van der Waals surface area contributed by atoms with Gasteiger partial charge in [0.1, 0.15) is 23.9 Å². The third-order valence-electron chi connectivity index (χ3n) is 5.66. The number of ether oxygens (including phenoxy) is 2. The monoisotopic (exact) mass is 464 g/mol. The van der Waals surface area contributed by atoms with Crippen molar-refractivity contribution in [2.75, 3.05) is 40.4 Å². The molecule has 3 rings (SSSR count). The van der Waals surface area contributed by atoms with E-state index >= 15 is 0 Å². The van der Waals surface area contributed by atoms with Gasteiger partial charge in [-0.3, -0.25) is 9.59 Å². The zero-order valence-electron chi connectivity index (χ0n) is 20.2. The van der Waals surface area contributed by atoms with Crippen LogP contribution in [0.4, 0.5) is 0 Å². The highest BCUT2D eigenvalue weighted by Crippen LogP contribution is 2.40. The quantitative estimate of drug-likeness (QED) is 0.248. The molecule has 1 saturated heterocycles. The molecular weight excluding hydrogens is 432 g/mol. The van der Waals surface area contributed by atoms with Crippen LogP contribution in [0.15, 0.2) is 60.7 Å². The number of hydrogen-bond donors (Lipinski definition) is 1. The van der Waals surface area contributed by atoms with Crippen molar-refractivity contribution >= 4 is 17.4 Å². The van der Waals surface area contributed by atoms with Crippen molar-refractivity contribution in [2.24, 2.45) is 0 Å². The van der Waals surface area contributed by atoms with Gasteiger partial charge in [0, 0.05) is 18.7 Å². The maximum atomic E-state index is 13.2. The highest BCUT2D eigenvalue weighted by molar-refractivity contribution is 6.46. The van der Waals surface area contributed by atoms with Crippen LogP contribution in [0.25, 0.3) is 5.76 Å². The Bertz CT molecular complexity index is 1090. The Morgan fingerprint density at radius 1 is 1.12 bits per heavy atom. The molecule has 0 saturated carbocycles. The SMILES string of the molecule is C=CCOc1ccc([C@H]2C(=C(O)c3ccc(OCC)cc3C)C(=O)C(=O)N2CCN(C)C)cc1. The van der Waals surface area contributed by atoms with Gasteiger partial charge in [0.15, 0.2) is 0 Å². The molecule has 0 bridgehead atoms. The standard InChI is InChI=1S/C27H32N2O5/c1-6-16-34-20-10-8-19(9-11-20)24-23(26(31)27(32)29(24)15-14-28(4)5)25(30)22-13-12-21(33-7-2)17-18(22)3/h6,8-13,17,24,30H,1,7,14-16H2,2-5H3/t24-/m0/s1. The predicted octanol–water partition coefficient (Wildman–Crippen LogP) is 3.94. The van der Waals surface area contributed by atoms with Crippen LogP contribution in [0, 0.1) is 6.92 Å². The van der Waals surface area contributed by atoms with Crippen LogP contribution >= 0.6 is 0 Å². The van der Waals surface area contributed by atoms with Crippen molar-refractivity contribution in [1.29, 1.82) is 0 Å². The molecule has 1 aliphatic rings. The van der Waals surface area contributed by atoms with E-state index in [1.54, 1.807) is 36.4 Å². The number of carbonyl (C=O) groups is 2. The number of benzene rings is 2. The Labute approximate surface area is 200 Å². The zero-order valence-corrected chi connectivity index (χ0v) is 20.2. The van der Waals surface area contributed by atoms with E-state index in [0.717, 1.165) is 5.56 Å². The van der Waals surface area contributed by atoms with Gasteiger partial charge in [-0.2, -0.15) is 0 Å². The number of ketones is 1. The summed E-state index contributed by atoms with van der Waals surface area (Å²) >= 11 is 0. The number of nitrogens with zero attached hydrogens (tertiary/aromatic N) is 2. The van der Waals surface area contributed by atoms with Crippen LogP contribution in [0.2, 0.25) is 0 Å². The summed E-state index contributed by atoms with van der Waals surface area (Å²) in [6.45, 7) is 9.19. The molecule has 0 aliphatic carbocycles. The molecule has 1 amide bonds. The summed E-state index contributed by atoms with van der Waals surface area (Å²) in [5.41, 5.74) is 2.03. The lowest BCUT2D eigenvalue weighted by Crippen LogP contribution is -2.35. The average Bonchev–Trinajstić information content (AvgIpc) is 3.06. The van der Waals surface area contributed by atoms with E-state index < -0.39 is 17.7 Å². The number of carbonyl (C=O) groups excluding carboxylic acids is 2. The molecule has 0 unspecified atom stereocenters. The van der Waals surface area contributed by atoms with E-state index in [9.17, 15) is 14.7 Å². The van der Waals surface area contributed by atoms with Crippen LogP contribution < -0.4 is 9.47 Å². The lowest BCUT2D eigenvalue weighted by Gasteiger charge is -2.26. The lowest BCUT2D eigenvalue weighted by atomic mass is 9.94. The van der Waals surface area contributed by atoms with E-state index in [2.05, 4.69) is 6.58 Å². The Balaban J connectivity index is 2.09. The lowest BCUT2D eigenvalue weighted by molar-refractivity contribution is -0.140. The number of likely N-dealkylation sites (N-methyl/N-ethyl adjacent to an activating group) is 1. The van der Waals surface area contributed by atoms with Gasteiger partial charge >= 0.3 is 0 Å². The molecule has 1 atom stereocenters. The molecule has 0 aromatic heterocycles. The summed E-state index contributed by atoms with van der Waals surface area (Å²) in [6, 6.07) is 11.8. The summed E-state index contributed by atoms with van der Waals surface area (Å²) < 4.78 is 11.1. The van der Waals surface area contributed by atoms with E-state index in [0.29, 0.717) is 48.9 Å². The molecule has 1 N–H and O–H groups in total. The minimum atomic E-state index is -0.709. The number of Topliss-reactive ketones (excluding diaryl/α,β-unsaturated/α-hetero) is 1. The van der Waals surface area contributed by atoms with Gasteiger partial charge in [0.05, 0.1) is 18.2 Å². The first kappa shape index (κ1) is 25.1. The van der Waals surface area contributed by atoms with Crippen molar-refractivity contribution in [3.8, 4) is 11.5 Å². The largest absolute Gasteiger partial charge is 0.507 e. The van der Waals surface area contributed by atoms with Crippen LogP contribution in [-0.2, 0) is 9.59 Å². The molecule has 1 fully saturated rings. The van der Waals surface area contributed by atoms with E-state index in [1.807, 2.05) is 45.0 Å². The van der Waals surface area contributed by atoms with Crippen molar-refractivity contribution < 1.29 is 24.2 Å². The van der Waals surface area contributed by atoms with Crippen LogP contribution in [0.5, 0.6) is 11.5 Å². The number of likely N-dealkylation sites (tertiary alicyclic amines) is 1. The number of aryl methyl sites for hydroxylation is 1. The first-order valence-corrected chi connectivity index (χ1v) is 11.3. The van der Waals surface area contributed by atoms with Gasteiger partial charge in [-0.1, -0.05) is 24.8 Å². The Hall–Kier alpha value is -3.58. The average molecular weight is 465 g/mol. The minimum absolute atomic E-state index is 0.0794. The van der Waals surface area contributed by atoms with Gasteiger partial charge in [-0.05, 0) is 69.4 Å². The number of aliphatic hydroxyl groups excluding tert-OH is 1. The Kier molecular flexibility index (Phi) is 8.12. The highest BCUT2D eigenvalue weighted by atomic mass is 16.5. The second kappa shape index (κ2) is 11.0. The fourth-order valence-corrected chi connectivity index (χ4v) is 3.97. The second-order valence-electron chi connectivity index (χ2n) is 8.37. The molecule has 34 heavy (non-hydrogen) atoms. The van der Waals surface area contributed by atoms with Gasteiger partial charge in [-0.15, -0.1) is 0 Å². The summed E-state index contributed by atoms with van der Waals surface area (Å²) in [7, 11) is 3.81. The summed E-state index contributed by atoms with van der Waals surface area (Å²) in [5.74, 6) is -0.181. The molecular formula is C27H32N2O5. The molecule has 1 aliphatic heterocycles. The van der Waals surface area contributed by atoms with Crippen molar-refractivity contribution in [1.82, 2.24) is 9.80 Å². The molecule has 7 heteroatoms. The maximum Gasteiger partial charge on any atom is 0.295 e. The van der Waals surface area contributed by atoms with Gasteiger partial charge in [0.2, 0.25) is 0 Å². The summed E-state index contributed by atoms with van der Waals surface area (Å²) in [5, 5.41) is 11.3. The molecule has 2 aromatic carbocycles. The van der Waals surface area contributed by atoms with Gasteiger partial charge in [0.25, 0.3) is 11.7 Å². The van der Waals surface area contributed by atoms with E-state index in [4.69, 9.17) is 9.47 Å². The summed E-state index contributed by atoms with van der Waals surface area (Å²) in [6.07, 6.45) is 1.66. The van der Waals surface area contributed by atoms with Gasteiger partial charge < -0.3 is 24.4 Å². The second-order valence-corrected chi connectivity index (χ2v) is 8.37. The Morgan fingerprint density at radius 3 is 2.38 bits per heavy atom. The number of hydrogen-bond acceptors (Lipinski definition) is 6. The van der Waals surface area contributed by atoms with E-state index in [-0.39, 0.29) is 11.3 Å². The van der Waals surface area contributed by atoms with Crippen LogP contribution in [0.1, 0.15) is 29.7 Å². The minimum Gasteiger partial charge on any atom is -0.507 e. The molecule has 0 radical (unpaired) electrons. The van der Waals surface area contributed by atoms with Crippen molar-refractivity contribution in [3.05, 3.63) is 77.4 Å². The van der Waals surface area contributed by atoms with Crippen LogP contribution in [0.3, 0.4) is 0 Å². The highest BCUT2D eigenvalue weighted by Gasteiger charge is 2.46. The molecule has 180 valence electrons. The number of rotatable bonds is 10. The fourth-order valence-electron chi connectivity index (χ4n) is 3.97. The normalized spacial score (nSPS) is 17.3. The van der Waals surface area contributed by atoms with E-state index in [1.165, 1.54) is 4.90 Å². The Morgan fingerprint density at radius 2 is 1.79 bits per heavy atom. The third-order valence-corrected chi connectivity index (χ3v) is 5.66. The van der Waals surface area contributed by atoms with Crippen molar-refractivity contribution in [2.45, 2.75) is 19.9 Å². The third kappa shape index (κ3) is 5.31. The fraction of sp³-hybridized carbons (Fsp3) is 0.333. The first-order chi connectivity index (χ1) is 16.3. The summed E-state index contributed by atoms with van der Waals surface area (Å²) in [4.78, 5) is 29.7. The molecule has 2 aromatic rings. The predicted molar refractivity (Wildman–Crippen MR) is 132 cm³/mol. The molecule has 0 spiro atoms. The molecule has 7 nitrogen and oxygen atoms in total. The van der Waals surface area contributed by atoms with Gasteiger partial charge in [-0.25, -0.2) is 0 Å². The number of amides is 1. The number of aliphatic hydroxyl groups is 1. The van der Waals surface area contributed by atoms with Crippen molar-refractivity contribution in [3.63, 3.8) is 0 Å². The topological polar surface area (TPSA) is 79.3 Å². The smallest absolute Gasteiger partial charge is 0.295 e. The zero-order chi connectivity index (χ0) is 24.8. The first-order valence-electron chi connectivity index (χ1n) is 11.3. The maximum absolute atomic E-state index is 13.2.